The monoisotopic (exact) mass is 351 g/mol. The molecule has 2 aliphatic heterocycles. The zero-order valence-corrected chi connectivity index (χ0v) is 13.2. The summed E-state index contributed by atoms with van der Waals surface area (Å²) >= 11 is 11.8. The lowest BCUT2D eigenvalue weighted by Crippen LogP contribution is -2.34. The van der Waals surface area contributed by atoms with Crippen LogP contribution in [0, 0.1) is 17.8 Å². The summed E-state index contributed by atoms with van der Waals surface area (Å²) in [6.07, 6.45) is 2.79. The highest BCUT2D eigenvalue weighted by molar-refractivity contribution is 6.35. The van der Waals surface area contributed by atoms with Crippen molar-refractivity contribution in [3.63, 3.8) is 0 Å². The minimum Gasteiger partial charge on any atom is -0.365 e. The molecule has 0 aromatic heterocycles. The highest BCUT2D eigenvalue weighted by Gasteiger charge is 2.62. The van der Waals surface area contributed by atoms with E-state index >= 15 is 0 Å². The van der Waals surface area contributed by atoms with Gasteiger partial charge in [-0.1, -0.05) is 35.4 Å². The third kappa shape index (κ3) is 2.23. The molecule has 1 aromatic rings. The van der Waals surface area contributed by atoms with Gasteiger partial charge in [0.2, 0.25) is 5.91 Å². The summed E-state index contributed by atoms with van der Waals surface area (Å²) in [7, 11) is 0. The zero-order valence-electron chi connectivity index (χ0n) is 11.7. The molecule has 2 fully saturated rings. The number of hydrogen-bond acceptors (Lipinski definition) is 4. The Balaban J connectivity index is 1.58. The van der Waals surface area contributed by atoms with Crippen LogP contribution in [0.4, 0.5) is 5.69 Å². The Morgan fingerprint density at radius 3 is 2.00 bits per heavy atom. The van der Waals surface area contributed by atoms with Gasteiger partial charge in [0, 0.05) is 15.7 Å². The van der Waals surface area contributed by atoms with Gasteiger partial charge in [-0.15, -0.1) is 0 Å². The number of halogens is 2. The standard InChI is InChI=1S/C16H11Cl2NO4/c17-6-3-7(18)5-8(4-6)19-16(22)13-14(20)11-9-1-2-10(23-9)12(11)15(13)21/h1-5,9-13H,(H,19,22). The first-order valence-corrected chi connectivity index (χ1v) is 7.89. The molecule has 23 heavy (non-hydrogen) atoms. The molecule has 4 atom stereocenters. The average Bonchev–Trinajstić information content (AvgIpc) is 3.11. The van der Waals surface area contributed by atoms with Crippen molar-refractivity contribution in [1.29, 1.82) is 0 Å². The molecule has 7 heteroatoms. The van der Waals surface area contributed by atoms with Crippen molar-refractivity contribution in [2.45, 2.75) is 12.2 Å². The Morgan fingerprint density at radius 2 is 1.48 bits per heavy atom. The van der Waals surface area contributed by atoms with Crippen LogP contribution in [0.25, 0.3) is 0 Å². The number of rotatable bonds is 2. The number of ether oxygens (including phenoxy) is 1. The van der Waals surface area contributed by atoms with Gasteiger partial charge in [-0.25, -0.2) is 0 Å². The largest absolute Gasteiger partial charge is 0.365 e. The molecule has 1 aromatic carbocycles. The fourth-order valence-electron chi connectivity index (χ4n) is 3.61. The number of amides is 1. The van der Waals surface area contributed by atoms with E-state index in [4.69, 9.17) is 27.9 Å². The lowest BCUT2D eigenvalue weighted by molar-refractivity contribution is -0.137. The number of fused-ring (bicyclic) bond motifs is 5. The minimum atomic E-state index is -1.29. The number of carbonyl (C=O) groups excluding carboxylic acids is 3. The van der Waals surface area contributed by atoms with E-state index in [1.54, 1.807) is 12.2 Å². The Labute approximate surface area is 141 Å². The van der Waals surface area contributed by atoms with Gasteiger partial charge in [-0.05, 0) is 18.2 Å². The minimum absolute atomic E-state index is 0.350. The SMILES string of the molecule is O=C(Nc1cc(Cl)cc(Cl)c1)C1C(=O)C2C3C=CC(O3)C2C1=O. The zero-order chi connectivity index (χ0) is 16.3. The number of benzene rings is 1. The Morgan fingerprint density at radius 1 is 0.957 bits per heavy atom. The molecule has 4 unspecified atom stereocenters. The topological polar surface area (TPSA) is 72.5 Å². The second kappa shape index (κ2) is 5.16. The third-order valence-corrected chi connectivity index (χ3v) is 4.95. The molecular formula is C16H11Cl2NO4. The van der Waals surface area contributed by atoms with E-state index in [0.29, 0.717) is 15.7 Å². The molecule has 1 saturated heterocycles. The van der Waals surface area contributed by atoms with Crippen LogP contribution < -0.4 is 5.32 Å². The van der Waals surface area contributed by atoms with Crippen molar-refractivity contribution < 1.29 is 19.1 Å². The average molecular weight is 352 g/mol. The van der Waals surface area contributed by atoms with Gasteiger partial charge >= 0.3 is 0 Å². The summed E-state index contributed by atoms with van der Waals surface area (Å²) in [5.74, 6) is -3.78. The maximum Gasteiger partial charge on any atom is 0.242 e. The maximum atomic E-state index is 12.5. The molecule has 1 amide bonds. The van der Waals surface area contributed by atoms with Gasteiger partial charge in [0.1, 0.15) is 0 Å². The predicted molar refractivity (Wildman–Crippen MR) is 83.4 cm³/mol. The van der Waals surface area contributed by atoms with E-state index in [-0.39, 0.29) is 23.8 Å². The maximum absolute atomic E-state index is 12.5. The van der Waals surface area contributed by atoms with Crippen LogP contribution >= 0.6 is 23.2 Å². The third-order valence-electron chi connectivity index (χ3n) is 4.52. The van der Waals surface area contributed by atoms with Gasteiger partial charge in [-0.2, -0.15) is 0 Å². The fraction of sp³-hybridized carbons (Fsp3) is 0.312. The number of Topliss-reactive ketones (excluding diaryl/α,β-unsaturated/α-hetero) is 2. The van der Waals surface area contributed by atoms with E-state index in [2.05, 4.69) is 5.32 Å². The molecule has 0 spiro atoms. The van der Waals surface area contributed by atoms with Gasteiger partial charge in [-0.3, -0.25) is 14.4 Å². The quantitative estimate of drug-likeness (QED) is 0.655. The van der Waals surface area contributed by atoms with Gasteiger partial charge in [0.25, 0.3) is 0 Å². The number of anilines is 1. The van der Waals surface area contributed by atoms with E-state index in [1.165, 1.54) is 18.2 Å². The summed E-state index contributed by atoms with van der Waals surface area (Å²) in [5, 5.41) is 3.26. The highest BCUT2D eigenvalue weighted by atomic mass is 35.5. The van der Waals surface area contributed by atoms with Crippen LogP contribution in [-0.4, -0.2) is 29.7 Å². The lowest BCUT2D eigenvalue weighted by Gasteiger charge is -2.12. The molecule has 3 aliphatic rings. The van der Waals surface area contributed by atoms with Gasteiger partial charge in [0.05, 0.1) is 24.0 Å². The van der Waals surface area contributed by atoms with E-state index in [9.17, 15) is 14.4 Å². The van der Waals surface area contributed by atoms with Crippen molar-refractivity contribution >= 4 is 46.4 Å². The molecule has 118 valence electrons. The molecule has 5 nitrogen and oxygen atoms in total. The summed E-state index contributed by atoms with van der Waals surface area (Å²) < 4.78 is 5.54. The second-order valence-corrected chi connectivity index (χ2v) is 6.76. The van der Waals surface area contributed by atoms with Crippen LogP contribution in [0.1, 0.15) is 0 Å². The van der Waals surface area contributed by atoms with Crippen LogP contribution in [0.3, 0.4) is 0 Å². The Hall–Kier alpha value is -1.69. The lowest BCUT2D eigenvalue weighted by atomic mass is 9.85. The van der Waals surface area contributed by atoms with E-state index < -0.39 is 23.7 Å². The fourth-order valence-corrected chi connectivity index (χ4v) is 4.14. The van der Waals surface area contributed by atoms with Crippen molar-refractivity contribution in [1.82, 2.24) is 0 Å². The molecule has 0 radical (unpaired) electrons. The molecular weight excluding hydrogens is 341 g/mol. The molecule has 1 N–H and O–H groups in total. The molecule has 1 aliphatic carbocycles. The normalized spacial score (nSPS) is 34.1. The molecule has 4 rings (SSSR count). The summed E-state index contributed by atoms with van der Waals surface area (Å²) in [5.41, 5.74) is 0.350. The van der Waals surface area contributed by atoms with Crippen molar-refractivity contribution in [2.24, 2.45) is 17.8 Å². The number of hydrogen-bond donors (Lipinski definition) is 1. The smallest absolute Gasteiger partial charge is 0.242 e. The first kappa shape index (κ1) is 14.9. The van der Waals surface area contributed by atoms with Gasteiger partial charge < -0.3 is 10.1 Å². The first-order chi connectivity index (χ1) is 11.0. The summed E-state index contributed by atoms with van der Waals surface area (Å²) in [6, 6.07) is 4.53. The molecule has 2 bridgehead atoms. The second-order valence-electron chi connectivity index (χ2n) is 5.89. The van der Waals surface area contributed by atoms with Crippen LogP contribution in [0.15, 0.2) is 30.4 Å². The molecule has 2 heterocycles. The van der Waals surface area contributed by atoms with Crippen molar-refractivity contribution in [2.75, 3.05) is 5.32 Å². The van der Waals surface area contributed by atoms with Crippen LogP contribution in [0.2, 0.25) is 10.0 Å². The Kier molecular flexibility index (Phi) is 3.34. The van der Waals surface area contributed by atoms with E-state index in [0.717, 1.165) is 0 Å². The van der Waals surface area contributed by atoms with Crippen LogP contribution in [-0.2, 0) is 19.1 Å². The Bertz CT molecular complexity index is 725. The number of carbonyl (C=O) groups is 3. The van der Waals surface area contributed by atoms with Crippen LogP contribution in [0.5, 0.6) is 0 Å². The first-order valence-electron chi connectivity index (χ1n) is 7.14. The van der Waals surface area contributed by atoms with Crippen molar-refractivity contribution in [3.05, 3.63) is 40.4 Å². The van der Waals surface area contributed by atoms with Gasteiger partial charge in [0.15, 0.2) is 17.5 Å². The number of nitrogens with one attached hydrogen (secondary N) is 1. The van der Waals surface area contributed by atoms with E-state index in [1.807, 2.05) is 0 Å². The predicted octanol–water partition coefficient (Wildman–Crippen LogP) is 2.27. The number of ketones is 2. The van der Waals surface area contributed by atoms with Crippen molar-refractivity contribution in [3.8, 4) is 0 Å². The summed E-state index contributed by atoms with van der Waals surface area (Å²) in [4.78, 5) is 37.4. The highest BCUT2D eigenvalue weighted by Crippen LogP contribution is 2.47. The summed E-state index contributed by atoms with van der Waals surface area (Å²) in [6.45, 7) is 0. The molecule has 1 saturated carbocycles.